The van der Waals surface area contributed by atoms with Crippen LogP contribution in [0, 0.1) is 0 Å². The summed E-state index contributed by atoms with van der Waals surface area (Å²) in [5.74, 6) is 0. The summed E-state index contributed by atoms with van der Waals surface area (Å²) in [5, 5.41) is 8.83. The fourth-order valence-corrected chi connectivity index (χ4v) is 4.45. The van der Waals surface area contributed by atoms with Crippen molar-refractivity contribution >= 4 is 39.6 Å². The van der Waals surface area contributed by atoms with Crippen LogP contribution in [-0.2, 0) is 0 Å². The molecule has 0 radical (unpaired) electrons. The van der Waals surface area contributed by atoms with Gasteiger partial charge in [0.1, 0.15) is 10.1 Å². The van der Waals surface area contributed by atoms with E-state index in [1.165, 1.54) is 0 Å². The smallest absolute Gasteiger partial charge is 0.131 e. The van der Waals surface area contributed by atoms with Gasteiger partial charge in [0.15, 0.2) is 0 Å². The fraction of sp³-hybridized carbons (Fsp3) is 0. The minimum absolute atomic E-state index is 0.643. The van der Waals surface area contributed by atoms with Crippen molar-refractivity contribution in [3.63, 3.8) is 0 Å². The van der Waals surface area contributed by atoms with E-state index in [4.69, 9.17) is 15.8 Å². The number of rotatable bonds is 5. The van der Waals surface area contributed by atoms with Gasteiger partial charge in [-0.3, -0.25) is 0 Å². The maximum atomic E-state index is 6.21. The largest absolute Gasteiger partial charge is 0.397 e. The van der Waals surface area contributed by atoms with Crippen LogP contribution in [-0.4, -0.2) is 10.8 Å². The maximum absolute atomic E-state index is 6.21. The second-order valence-electron chi connectivity index (χ2n) is 7.43. The Morgan fingerprint density at radius 1 is 0.758 bits per heavy atom. The summed E-state index contributed by atoms with van der Waals surface area (Å²) in [5.41, 5.74) is 11.5. The highest BCUT2D eigenvalue weighted by molar-refractivity contribution is 8.18. The van der Waals surface area contributed by atoms with Gasteiger partial charge in [0.2, 0.25) is 0 Å². The molecule has 4 nitrogen and oxygen atoms in total. The number of hydrogen-bond donors (Lipinski definition) is 1. The van der Waals surface area contributed by atoms with Crippen LogP contribution >= 0.6 is 11.8 Å². The number of aliphatic imine (C=N–C) groups is 1. The maximum Gasteiger partial charge on any atom is 0.131 e. The summed E-state index contributed by atoms with van der Waals surface area (Å²) < 4.78 is 0. The van der Waals surface area contributed by atoms with Crippen LogP contribution in [0.3, 0.4) is 0 Å². The summed E-state index contributed by atoms with van der Waals surface area (Å²) in [6, 6.07) is 38.2. The number of nitrogens with zero attached hydrogens (tertiary/aromatic N) is 3. The lowest BCUT2D eigenvalue weighted by Gasteiger charge is -2.16. The summed E-state index contributed by atoms with van der Waals surface area (Å²) in [7, 11) is 0. The number of benzene rings is 4. The third-order valence-electron chi connectivity index (χ3n) is 5.13. The summed E-state index contributed by atoms with van der Waals surface area (Å²) in [6.45, 7) is 0. The van der Waals surface area contributed by atoms with Gasteiger partial charge < -0.3 is 5.73 Å². The predicted molar refractivity (Wildman–Crippen MR) is 141 cm³/mol. The molecule has 33 heavy (non-hydrogen) atoms. The van der Waals surface area contributed by atoms with Crippen molar-refractivity contribution in [1.29, 1.82) is 0 Å². The molecule has 0 atom stereocenters. The van der Waals surface area contributed by atoms with Crippen molar-refractivity contribution in [2.24, 2.45) is 10.1 Å². The van der Waals surface area contributed by atoms with Crippen LogP contribution < -0.4 is 10.7 Å². The van der Waals surface area contributed by atoms with Crippen LogP contribution in [0.2, 0.25) is 0 Å². The molecule has 1 aliphatic heterocycles. The van der Waals surface area contributed by atoms with Crippen molar-refractivity contribution in [2.45, 2.75) is 0 Å². The van der Waals surface area contributed by atoms with E-state index < -0.39 is 0 Å². The lowest BCUT2D eigenvalue weighted by molar-refractivity contribution is 1.08. The molecule has 0 bridgehead atoms. The van der Waals surface area contributed by atoms with E-state index in [0.29, 0.717) is 5.69 Å². The third-order valence-corrected chi connectivity index (χ3v) is 6.14. The molecule has 1 heterocycles. The van der Waals surface area contributed by atoms with Crippen molar-refractivity contribution in [2.75, 3.05) is 10.7 Å². The van der Waals surface area contributed by atoms with Crippen molar-refractivity contribution in [3.8, 4) is 0 Å². The second kappa shape index (κ2) is 9.59. The third kappa shape index (κ3) is 4.73. The summed E-state index contributed by atoms with van der Waals surface area (Å²) in [4.78, 5) is 4.94. The van der Waals surface area contributed by atoms with Gasteiger partial charge in [-0.1, -0.05) is 91.0 Å². The molecule has 160 valence electrons. The van der Waals surface area contributed by atoms with Gasteiger partial charge in [-0.15, -0.1) is 0 Å². The van der Waals surface area contributed by atoms with Crippen LogP contribution in [0.15, 0.2) is 136 Å². The summed E-state index contributed by atoms with van der Waals surface area (Å²) in [6.07, 6.45) is 2.08. The second-order valence-corrected chi connectivity index (χ2v) is 8.43. The summed E-state index contributed by atoms with van der Waals surface area (Å²) >= 11 is 1.63. The lowest BCUT2D eigenvalue weighted by Crippen LogP contribution is -2.11. The Bertz CT molecular complexity index is 1330. The average molecular weight is 447 g/mol. The van der Waals surface area contributed by atoms with Gasteiger partial charge in [-0.25, -0.2) is 10.0 Å². The van der Waals surface area contributed by atoms with Crippen molar-refractivity contribution in [1.82, 2.24) is 0 Å². The Labute approximate surface area is 197 Å². The number of hydrogen-bond acceptors (Lipinski definition) is 5. The molecule has 0 spiro atoms. The van der Waals surface area contributed by atoms with Gasteiger partial charge in [0.05, 0.1) is 22.8 Å². The Kier molecular flexibility index (Phi) is 6.04. The zero-order valence-corrected chi connectivity index (χ0v) is 18.7. The molecule has 5 rings (SSSR count). The highest BCUT2D eigenvalue weighted by Gasteiger charge is 2.24. The molecule has 2 N–H and O–H groups in total. The van der Waals surface area contributed by atoms with Crippen LogP contribution in [0.4, 0.5) is 17.1 Å². The van der Waals surface area contributed by atoms with Gasteiger partial charge in [0, 0.05) is 11.1 Å². The molecule has 0 aromatic heterocycles. The fourth-order valence-electron chi connectivity index (χ4n) is 3.47. The molecular weight excluding hydrogens is 424 g/mol. The topological polar surface area (TPSA) is 54.0 Å². The molecule has 0 unspecified atom stereocenters. The number of allylic oxidation sites excluding steroid dienone is 1. The van der Waals surface area contributed by atoms with E-state index in [0.717, 1.165) is 38.3 Å². The Morgan fingerprint density at radius 3 is 2.06 bits per heavy atom. The van der Waals surface area contributed by atoms with Crippen LogP contribution in [0.1, 0.15) is 11.1 Å². The number of nitrogens with two attached hydrogens (primary N) is 1. The number of nitrogen functional groups attached to an aromatic ring is 1. The minimum atomic E-state index is 0.643. The molecule has 0 saturated heterocycles. The van der Waals surface area contributed by atoms with Gasteiger partial charge in [-0.2, -0.15) is 5.10 Å². The van der Waals surface area contributed by atoms with Crippen molar-refractivity contribution in [3.05, 3.63) is 137 Å². The minimum Gasteiger partial charge on any atom is -0.397 e. The zero-order chi connectivity index (χ0) is 22.5. The Balaban J connectivity index is 1.62. The highest BCUT2D eigenvalue weighted by Crippen LogP contribution is 2.37. The van der Waals surface area contributed by atoms with Crippen LogP contribution in [0.5, 0.6) is 0 Å². The van der Waals surface area contributed by atoms with E-state index >= 15 is 0 Å². The Morgan fingerprint density at radius 2 is 1.36 bits per heavy atom. The van der Waals surface area contributed by atoms with Gasteiger partial charge in [0.25, 0.3) is 0 Å². The standard InChI is InChI=1S/C28H22N4S/c29-24-18-10-11-19-25(24)30-26(21-12-4-1-5-13-21)20-27-32(23-16-8-3-9-17-23)31-28(33-27)22-14-6-2-7-15-22/h1-20H,29H2/b27-20+,30-26?. The first-order valence-corrected chi connectivity index (χ1v) is 11.5. The number of para-hydroxylation sites is 3. The molecule has 1 aliphatic rings. The molecule has 5 heteroatoms. The zero-order valence-electron chi connectivity index (χ0n) is 17.9. The number of thioether (sulfide) groups is 1. The number of hydrazone groups is 1. The average Bonchev–Trinajstić information content (AvgIpc) is 3.30. The first kappa shape index (κ1) is 20.8. The van der Waals surface area contributed by atoms with Crippen molar-refractivity contribution < 1.29 is 0 Å². The molecule has 0 aliphatic carbocycles. The van der Waals surface area contributed by atoms with Crippen LogP contribution in [0.25, 0.3) is 0 Å². The lowest BCUT2D eigenvalue weighted by atomic mass is 10.1. The van der Waals surface area contributed by atoms with E-state index in [1.807, 2.05) is 83.9 Å². The molecule has 4 aromatic carbocycles. The molecule has 0 fully saturated rings. The van der Waals surface area contributed by atoms with E-state index in [2.05, 4.69) is 42.5 Å². The van der Waals surface area contributed by atoms with E-state index in [1.54, 1.807) is 11.8 Å². The molecular formula is C28H22N4S. The molecule has 4 aromatic rings. The number of anilines is 2. The van der Waals surface area contributed by atoms with E-state index in [9.17, 15) is 0 Å². The quantitative estimate of drug-likeness (QED) is 0.269. The monoisotopic (exact) mass is 446 g/mol. The first-order chi connectivity index (χ1) is 16.3. The van der Waals surface area contributed by atoms with Gasteiger partial charge >= 0.3 is 0 Å². The van der Waals surface area contributed by atoms with E-state index in [-0.39, 0.29) is 0 Å². The normalized spacial score (nSPS) is 15.0. The Hall–Kier alpha value is -4.09. The SMILES string of the molecule is Nc1ccccc1N=C(/C=C1/SC(c2ccccc2)=NN1c1ccccc1)c1ccccc1. The highest BCUT2D eigenvalue weighted by atomic mass is 32.2. The molecule has 0 amide bonds. The van der Waals surface area contributed by atoms with Gasteiger partial charge in [-0.05, 0) is 42.1 Å². The predicted octanol–water partition coefficient (Wildman–Crippen LogP) is 6.85. The first-order valence-electron chi connectivity index (χ1n) is 10.7. The molecule has 0 saturated carbocycles.